The van der Waals surface area contributed by atoms with Gasteiger partial charge in [-0.15, -0.1) is 0 Å². The summed E-state index contributed by atoms with van der Waals surface area (Å²) in [6.07, 6.45) is -7.71. The molecule has 162 valence electrons. The fraction of sp³-hybridized carbons (Fsp3) is 0.600. The molecule has 3 aliphatic rings. The van der Waals surface area contributed by atoms with Crippen LogP contribution in [-0.4, -0.2) is 29.2 Å². The van der Waals surface area contributed by atoms with Gasteiger partial charge in [-0.25, -0.2) is 4.79 Å². The molecular formula is C20H19F6N3O. The van der Waals surface area contributed by atoms with Gasteiger partial charge >= 0.3 is 18.4 Å². The molecule has 3 fully saturated rings. The van der Waals surface area contributed by atoms with Crippen molar-refractivity contribution in [3.05, 3.63) is 29.3 Å². The number of anilines is 1. The Balaban J connectivity index is 1.50. The minimum absolute atomic E-state index is 0.0287. The molecule has 0 radical (unpaired) electrons. The maximum absolute atomic E-state index is 13.4. The highest BCUT2D eigenvalue weighted by atomic mass is 19.4. The second-order valence-electron chi connectivity index (χ2n) is 8.31. The smallest absolute Gasteiger partial charge is 0.318 e. The average Bonchev–Trinajstić information content (AvgIpc) is 2.59. The number of benzene rings is 1. The monoisotopic (exact) mass is 431 g/mol. The zero-order chi connectivity index (χ0) is 21.8. The third-order valence-electron chi connectivity index (χ3n) is 6.59. The van der Waals surface area contributed by atoms with Crippen LogP contribution in [0.15, 0.2) is 18.2 Å². The molecule has 4 nitrogen and oxygen atoms in total. The number of urea groups is 1. The fourth-order valence-corrected chi connectivity index (χ4v) is 4.89. The molecule has 2 bridgehead atoms. The highest BCUT2D eigenvalue weighted by molar-refractivity contribution is 5.90. The number of fused-ring (bicyclic) bond motifs is 2. The maximum Gasteiger partial charge on any atom is 0.416 e. The molecule has 1 N–H and O–H groups in total. The van der Waals surface area contributed by atoms with Gasteiger partial charge in [0.05, 0.1) is 23.5 Å². The third kappa shape index (κ3) is 3.59. The van der Waals surface area contributed by atoms with Crippen LogP contribution in [0.5, 0.6) is 0 Å². The molecule has 1 saturated heterocycles. The van der Waals surface area contributed by atoms with Crippen molar-refractivity contribution in [3.8, 4) is 6.07 Å². The largest absolute Gasteiger partial charge is 0.416 e. The first-order valence-corrected chi connectivity index (χ1v) is 9.76. The highest BCUT2D eigenvalue weighted by Gasteiger charge is 2.54. The Hall–Kier alpha value is -2.44. The van der Waals surface area contributed by atoms with Crippen molar-refractivity contribution in [2.45, 2.75) is 62.5 Å². The highest BCUT2D eigenvalue weighted by Crippen LogP contribution is 2.49. The van der Waals surface area contributed by atoms with Gasteiger partial charge < -0.3 is 10.2 Å². The van der Waals surface area contributed by atoms with Crippen LogP contribution in [0.4, 0.5) is 36.8 Å². The van der Waals surface area contributed by atoms with Gasteiger partial charge in [0.15, 0.2) is 0 Å². The van der Waals surface area contributed by atoms with E-state index >= 15 is 0 Å². The lowest BCUT2D eigenvalue weighted by atomic mass is 9.69. The zero-order valence-electron chi connectivity index (χ0n) is 15.7. The number of alkyl halides is 6. The third-order valence-corrected chi connectivity index (χ3v) is 6.59. The Labute approximate surface area is 168 Å². The molecule has 2 aliphatic carbocycles. The maximum atomic E-state index is 13.4. The van der Waals surface area contributed by atoms with Gasteiger partial charge in [0.1, 0.15) is 0 Å². The Bertz CT molecular complexity index is 878. The summed E-state index contributed by atoms with van der Waals surface area (Å²) in [4.78, 5) is 14.0. The Kier molecular flexibility index (Phi) is 4.90. The number of likely N-dealkylation sites (tertiary alicyclic amines) is 1. The number of nitrogens with zero attached hydrogens (tertiary/aromatic N) is 2. The van der Waals surface area contributed by atoms with Crippen LogP contribution in [-0.2, 0) is 6.18 Å². The van der Waals surface area contributed by atoms with Crippen LogP contribution >= 0.6 is 0 Å². The van der Waals surface area contributed by atoms with Gasteiger partial charge in [-0.2, -0.15) is 31.6 Å². The summed E-state index contributed by atoms with van der Waals surface area (Å²) in [6, 6.07) is 3.64. The van der Waals surface area contributed by atoms with Gasteiger partial charge in [-0.3, -0.25) is 0 Å². The molecule has 0 aromatic heterocycles. The van der Waals surface area contributed by atoms with Crippen molar-refractivity contribution < 1.29 is 31.1 Å². The van der Waals surface area contributed by atoms with Gasteiger partial charge in [0.2, 0.25) is 0 Å². The summed E-state index contributed by atoms with van der Waals surface area (Å²) >= 11 is 0. The Morgan fingerprint density at radius 3 is 2.23 bits per heavy atom. The van der Waals surface area contributed by atoms with Gasteiger partial charge in [0, 0.05) is 23.7 Å². The van der Waals surface area contributed by atoms with E-state index in [2.05, 4.69) is 5.32 Å². The number of hydrogen-bond donors (Lipinski definition) is 1. The van der Waals surface area contributed by atoms with Crippen LogP contribution in [0, 0.1) is 23.2 Å². The topological polar surface area (TPSA) is 56.1 Å². The SMILES string of the molecule is N#CC1CCC1c1cc(NC(=O)N2C3CC2CC(C(F)(F)F)C3)ccc1C(F)(F)F. The lowest BCUT2D eigenvalue weighted by molar-refractivity contribution is -0.205. The lowest BCUT2D eigenvalue weighted by Crippen LogP contribution is -2.65. The number of rotatable bonds is 2. The number of carbonyl (C=O) groups excluding carboxylic acids is 1. The summed E-state index contributed by atoms with van der Waals surface area (Å²) in [7, 11) is 0. The molecule has 4 atom stereocenters. The molecule has 2 saturated carbocycles. The zero-order valence-corrected chi connectivity index (χ0v) is 15.7. The van der Waals surface area contributed by atoms with Crippen molar-refractivity contribution in [1.29, 1.82) is 5.26 Å². The molecule has 10 heteroatoms. The molecule has 4 rings (SSSR count). The standard InChI is InChI=1S/C20H19F6N3O/c21-19(22,23)11-5-13-8-14(6-11)29(13)18(30)28-12-2-4-17(20(24,25)26)16(7-12)15-3-1-10(15)9-27/h2,4,7,10-11,13-15H,1,3,5-6,8H2,(H,28,30). The predicted octanol–water partition coefficient (Wildman–Crippen LogP) is 5.67. The predicted molar refractivity (Wildman–Crippen MR) is 94.4 cm³/mol. The van der Waals surface area contributed by atoms with Crippen molar-refractivity contribution in [2.75, 3.05) is 5.32 Å². The number of halogens is 6. The summed E-state index contributed by atoms with van der Waals surface area (Å²) in [5.74, 6) is -2.49. The quantitative estimate of drug-likeness (QED) is 0.614. The second-order valence-corrected chi connectivity index (χ2v) is 8.31. The molecule has 0 spiro atoms. The first-order valence-electron chi connectivity index (χ1n) is 9.76. The van der Waals surface area contributed by atoms with Crippen LogP contribution < -0.4 is 5.32 Å². The van der Waals surface area contributed by atoms with Crippen LogP contribution in [0.25, 0.3) is 0 Å². The van der Waals surface area contributed by atoms with Gasteiger partial charge in [0.25, 0.3) is 0 Å². The van der Waals surface area contributed by atoms with E-state index in [4.69, 9.17) is 5.26 Å². The van der Waals surface area contributed by atoms with E-state index in [0.717, 1.165) is 12.1 Å². The summed E-state index contributed by atoms with van der Waals surface area (Å²) in [5.41, 5.74) is -0.720. The van der Waals surface area contributed by atoms with Gasteiger partial charge in [-0.05, 0) is 55.9 Å². The summed E-state index contributed by atoms with van der Waals surface area (Å²) in [5, 5.41) is 11.7. The van der Waals surface area contributed by atoms with E-state index in [-0.39, 0.29) is 24.1 Å². The Morgan fingerprint density at radius 1 is 1.07 bits per heavy atom. The average molecular weight is 431 g/mol. The molecule has 30 heavy (non-hydrogen) atoms. The van der Waals surface area contributed by atoms with Crippen molar-refractivity contribution >= 4 is 11.7 Å². The normalized spacial score (nSPS) is 30.7. The van der Waals surface area contributed by atoms with E-state index < -0.39 is 53.8 Å². The van der Waals surface area contributed by atoms with E-state index in [1.165, 1.54) is 11.0 Å². The van der Waals surface area contributed by atoms with E-state index in [1.54, 1.807) is 0 Å². The molecule has 2 amide bonds. The molecule has 1 aromatic carbocycles. The van der Waals surface area contributed by atoms with E-state index in [1.807, 2.05) is 6.07 Å². The van der Waals surface area contributed by atoms with Crippen molar-refractivity contribution in [3.63, 3.8) is 0 Å². The number of carbonyl (C=O) groups is 1. The van der Waals surface area contributed by atoms with Crippen LogP contribution in [0.2, 0.25) is 0 Å². The van der Waals surface area contributed by atoms with E-state index in [9.17, 15) is 31.1 Å². The first-order chi connectivity index (χ1) is 14.0. The van der Waals surface area contributed by atoms with Crippen LogP contribution in [0.1, 0.15) is 49.1 Å². The number of nitrogens with one attached hydrogen (secondary N) is 1. The lowest BCUT2D eigenvalue weighted by Gasteiger charge is -2.55. The minimum atomic E-state index is -4.59. The summed E-state index contributed by atoms with van der Waals surface area (Å²) in [6.45, 7) is 0. The molecule has 1 aliphatic heterocycles. The van der Waals surface area contributed by atoms with Gasteiger partial charge in [-0.1, -0.05) is 0 Å². The number of hydrogen-bond acceptors (Lipinski definition) is 2. The van der Waals surface area contributed by atoms with E-state index in [0.29, 0.717) is 19.3 Å². The van der Waals surface area contributed by atoms with Crippen molar-refractivity contribution in [1.82, 2.24) is 4.90 Å². The number of amides is 2. The second kappa shape index (κ2) is 7.06. The molecular weight excluding hydrogens is 412 g/mol. The molecule has 1 heterocycles. The Morgan fingerprint density at radius 2 is 1.73 bits per heavy atom. The van der Waals surface area contributed by atoms with Crippen LogP contribution in [0.3, 0.4) is 0 Å². The summed E-state index contributed by atoms with van der Waals surface area (Å²) < 4.78 is 79.0. The first kappa shape index (κ1) is 20.8. The number of nitriles is 1. The van der Waals surface area contributed by atoms with Crippen molar-refractivity contribution in [2.24, 2.45) is 11.8 Å². The molecule has 4 unspecified atom stereocenters. The fourth-order valence-electron chi connectivity index (χ4n) is 4.89. The minimum Gasteiger partial charge on any atom is -0.318 e. The number of piperidine rings is 1. The molecule has 1 aromatic rings.